The van der Waals surface area contributed by atoms with Crippen molar-refractivity contribution in [2.45, 2.75) is 18.5 Å². The lowest BCUT2D eigenvalue weighted by Gasteiger charge is -2.04. The maximum absolute atomic E-state index is 5.42. The van der Waals surface area contributed by atoms with Crippen LogP contribution in [0.2, 0.25) is 0 Å². The quantitative estimate of drug-likeness (QED) is 0.420. The van der Waals surface area contributed by atoms with Crippen LogP contribution in [0, 0.1) is 0 Å². The van der Waals surface area contributed by atoms with Gasteiger partial charge in [-0.1, -0.05) is 30.8 Å². The van der Waals surface area contributed by atoms with Gasteiger partial charge in [-0.2, -0.15) is 4.52 Å². The van der Waals surface area contributed by atoms with E-state index >= 15 is 0 Å². The van der Waals surface area contributed by atoms with E-state index in [2.05, 4.69) is 17.0 Å². The predicted octanol–water partition coefficient (Wildman–Crippen LogP) is 4.04. The molecule has 4 rings (SSSR count). The number of nitrogens with zero attached hydrogens (tertiary/aromatic N) is 4. The molecule has 3 aromatic heterocycles. The molecule has 3 heterocycles. The van der Waals surface area contributed by atoms with Crippen molar-refractivity contribution >= 4 is 28.3 Å². The van der Waals surface area contributed by atoms with E-state index in [9.17, 15) is 0 Å². The van der Waals surface area contributed by atoms with Gasteiger partial charge in [0.1, 0.15) is 0 Å². The van der Waals surface area contributed by atoms with Crippen molar-refractivity contribution in [3.8, 4) is 11.6 Å². The fourth-order valence-corrected chi connectivity index (χ4v) is 3.13. The summed E-state index contributed by atoms with van der Waals surface area (Å²) in [6.45, 7) is 2.15. The molecule has 4 aromatic rings. The molecule has 0 saturated heterocycles. The number of thioether (sulfide) groups is 1. The smallest absolute Gasteiger partial charge is 0.218 e. The molecular formula is C16H14N4OS. The molecule has 6 heteroatoms. The second kappa shape index (κ2) is 5.46. The average molecular weight is 310 g/mol. The molecule has 0 saturated carbocycles. The second-order valence-corrected chi connectivity index (χ2v) is 5.97. The highest BCUT2D eigenvalue weighted by atomic mass is 32.2. The molecule has 0 aliphatic rings. The van der Waals surface area contributed by atoms with Crippen LogP contribution in [-0.4, -0.2) is 25.3 Å². The standard InChI is InChI=1S/C16H14N4OS/c1-2-10-22-16-17-12-7-4-3-6-11(12)15-18-14(19-20(15)16)13-8-5-9-21-13/h3-9H,2,10H2,1H3. The van der Waals surface area contributed by atoms with E-state index in [1.807, 2.05) is 40.9 Å². The lowest BCUT2D eigenvalue weighted by atomic mass is 10.2. The van der Waals surface area contributed by atoms with Crippen molar-refractivity contribution < 1.29 is 4.42 Å². The summed E-state index contributed by atoms with van der Waals surface area (Å²) >= 11 is 1.69. The molecule has 110 valence electrons. The summed E-state index contributed by atoms with van der Waals surface area (Å²) < 4.78 is 7.24. The average Bonchev–Trinajstić information content (AvgIpc) is 3.21. The van der Waals surface area contributed by atoms with Gasteiger partial charge in [0, 0.05) is 11.1 Å². The van der Waals surface area contributed by atoms with Gasteiger partial charge in [0.2, 0.25) is 5.82 Å². The molecule has 0 aliphatic carbocycles. The highest BCUT2D eigenvalue weighted by Crippen LogP contribution is 2.26. The van der Waals surface area contributed by atoms with Gasteiger partial charge in [0.05, 0.1) is 11.8 Å². The monoisotopic (exact) mass is 310 g/mol. The van der Waals surface area contributed by atoms with Crippen LogP contribution in [0.5, 0.6) is 0 Å². The Hall–Kier alpha value is -2.34. The highest BCUT2D eigenvalue weighted by molar-refractivity contribution is 7.99. The predicted molar refractivity (Wildman–Crippen MR) is 87.0 cm³/mol. The number of hydrogen-bond acceptors (Lipinski definition) is 5. The lowest BCUT2D eigenvalue weighted by molar-refractivity contribution is 0.576. The lowest BCUT2D eigenvalue weighted by Crippen LogP contribution is -1.98. The first kappa shape index (κ1) is 13.3. The summed E-state index contributed by atoms with van der Waals surface area (Å²) in [6.07, 6.45) is 2.71. The second-order valence-electron chi connectivity index (χ2n) is 4.91. The van der Waals surface area contributed by atoms with Crippen LogP contribution in [-0.2, 0) is 0 Å². The van der Waals surface area contributed by atoms with Crippen LogP contribution in [0.25, 0.3) is 28.1 Å². The van der Waals surface area contributed by atoms with Crippen LogP contribution >= 0.6 is 11.8 Å². The molecule has 0 bridgehead atoms. The summed E-state index contributed by atoms with van der Waals surface area (Å²) in [5.41, 5.74) is 1.75. The molecule has 1 aromatic carbocycles. The summed E-state index contributed by atoms with van der Waals surface area (Å²) in [5, 5.41) is 6.44. The van der Waals surface area contributed by atoms with E-state index in [-0.39, 0.29) is 0 Å². The van der Waals surface area contributed by atoms with Gasteiger partial charge in [0.15, 0.2) is 16.6 Å². The third-order valence-electron chi connectivity index (χ3n) is 3.33. The van der Waals surface area contributed by atoms with Gasteiger partial charge < -0.3 is 4.42 Å². The van der Waals surface area contributed by atoms with E-state index < -0.39 is 0 Å². The molecule has 0 atom stereocenters. The third-order valence-corrected chi connectivity index (χ3v) is 4.46. The Morgan fingerprint density at radius 2 is 2.05 bits per heavy atom. The summed E-state index contributed by atoms with van der Waals surface area (Å²) in [7, 11) is 0. The Balaban J connectivity index is 1.99. The van der Waals surface area contributed by atoms with Crippen molar-refractivity contribution in [1.29, 1.82) is 0 Å². The van der Waals surface area contributed by atoms with Crippen LogP contribution in [0.4, 0.5) is 0 Å². The first-order valence-electron chi connectivity index (χ1n) is 7.19. The molecule has 0 aliphatic heterocycles. The minimum atomic E-state index is 0.585. The highest BCUT2D eigenvalue weighted by Gasteiger charge is 2.15. The van der Waals surface area contributed by atoms with Gasteiger partial charge in [-0.15, -0.1) is 5.10 Å². The van der Waals surface area contributed by atoms with Crippen molar-refractivity contribution in [2.75, 3.05) is 5.75 Å². The van der Waals surface area contributed by atoms with E-state index in [4.69, 9.17) is 9.40 Å². The SMILES string of the molecule is CCCSc1nc2ccccc2c2nc(-c3ccco3)nn12. The van der Waals surface area contributed by atoms with E-state index in [1.54, 1.807) is 18.0 Å². The number of benzene rings is 1. The number of fused-ring (bicyclic) bond motifs is 3. The molecule has 0 spiro atoms. The van der Waals surface area contributed by atoms with Crippen LogP contribution < -0.4 is 0 Å². The summed E-state index contributed by atoms with van der Waals surface area (Å²) in [5.74, 6) is 2.25. The van der Waals surface area contributed by atoms with Crippen molar-refractivity contribution in [2.24, 2.45) is 0 Å². The van der Waals surface area contributed by atoms with Crippen LogP contribution in [0.1, 0.15) is 13.3 Å². The molecule has 5 nitrogen and oxygen atoms in total. The summed E-state index contributed by atoms with van der Waals surface area (Å²) in [4.78, 5) is 9.39. The van der Waals surface area contributed by atoms with E-state index in [0.717, 1.165) is 33.9 Å². The Morgan fingerprint density at radius 3 is 2.86 bits per heavy atom. The fourth-order valence-electron chi connectivity index (χ4n) is 2.33. The van der Waals surface area contributed by atoms with Gasteiger partial charge >= 0.3 is 0 Å². The van der Waals surface area contributed by atoms with E-state index in [0.29, 0.717) is 11.6 Å². The largest absolute Gasteiger partial charge is 0.461 e. The molecule has 0 radical (unpaired) electrons. The first-order chi connectivity index (χ1) is 10.9. The Kier molecular flexibility index (Phi) is 3.31. The van der Waals surface area contributed by atoms with E-state index in [1.165, 1.54) is 0 Å². The number of aromatic nitrogens is 4. The molecule has 0 fully saturated rings. The Labute approximate surface area is 131 Å². The van der Waals surface area contributed by atoms with Crippen LogP contribution in [0.15, 0.2) is 52.2 Å². The van der Waals surface area contributed by atoms with Crippen molar-refractivity contribution in [1.82, 2.24) is 19.6 Å². The first-order valence-corrected chi connectivity index (χ1v) is 8.17. The number of hydrogen-bond donors (Lipinski definition) is 0. The third kappa shape index (κ3) is 2.16. The summed E-state index contributed by atoms with van der Waals surface area (Å²) in [6, 6.07) is 11.7. The molecule has 22 heavy (non-hydrogen) atoms. The number of rotatable bonds is 4. The number of para-hydroxylation sites is 1. The molecular weight excluding hydrogens is 296 g/mol. The zero-order chi connectivity index (χ0) is 14.9. The topological polar surface area (TPSA) is 56.2 Å². The van der Waals surface area contributed by atoms with Gasteiger partial charge in [-0.25, -0.2) is 9.97 Å². The Bertz CT molecular complexity index is 930. The van der Waals surface area contributed by atoms with Crippen LogP contribution in [0.3, 0.4) is 0 Å². The Morgan fingerprint density at radius 1 is 1.14 bits per heavy atom. The minimum Gasteiger partial charge on any atom is -0.461 e. The molecule has 0 unspecified atom stereocenters. The zero-order valence-electron chi connectivity index (χ0n) is 12.1. The molecule has 0 amide bonds. The molecule has 0 N–H and O–H groups in total. The minimum absolute atomic E-state index is 0.585. The van der Waals surface area contributed by atoms with Crippen molar-refractivity contribution in [3.05, 3.63) is 42.7 Å². The normalized spacial score (nSPS) is 11.5. The van der Waals surface area contributed by atoms with Gasteiger partial charge in [-0.3, -0.25) is 0 Å². The zero-order valence-corrected chi connectivity index (χ0v) is 12.9. The fraction of sp³-hybridized carbons (Fsp3) is 0.188. The maximum atomic E-state index is 5.42. The van der Waals surface area contributed by atoms with Gasteiger partial charge in [0.25, 0.3) is 0 Å². The maximum Gasteiger partial charge on any atom is 0.218 e. The number of furan rings is 1. The van der Waals surface area contributed by atoms with Gasteiger partial charge in [-0.05, 0) is 30.7 Å². The van der Waals surface area contributed by atoms with Crippen molar-refractivity contribution in [3.63, 3.8) is 0 Å².